The maximum Gasteiger partial charge on any atom is -0.0200 e. The van der Waals surface area contributed by atoms with Crippen LogP contribution in [0.2, 0.25) is 0 Å². The van der Waals surface area contributed by atoms with Crippen LogP contribution in [0.15, 0.2) is 11.6 Å². The summed E-state index contributed by atoms with van der Waals surface area (Å²) in [7, 11) is 0. The zero-order valence-electron chi connectivity index (χ0n) is 8.56. The van der Waals surface area contributed by atoms with Crippen molar-refractivity contribution in [3.05, 3.63) is 11.6 Å². The summed E-state index contributed by atoms with van der Waals surface area (Å²) in [5, 5.41) is 0. The van der Waals surface area contributed by atoms with E-state index in [2.05, 4.69) is 26.8 Å². The van der Waals surface area contributed by atoms with Gasteiger partial charge in [0.15, 0.2) is 0 Å². The van der Waals surface area contributed by atoms with Crippen molar-refractivity contribution in [2.45, 2.75) is 46.5 Å². The van der Waals surface area contributed by atoms with Crippen molar-refractivity contribution < 1.29 is 0 Å². The van der Waals surface area contributed by atoms with E-state index in [9.17, 15) is 0 Å². The predicted octanol–water partition coefficient (Wildman–Crippen LogP) is 3.78. The maximum absolute atomic E-state index is 2.54. The first kappa shape index (κ1) is 8.34. The molecule has 2 fully saturated rings. The molecule has 0 aromatic heterocycles. The second-order valence-corrected chi connectivity index (χ2v) is 5.56. The fourth-order valence-corrected chi connectivity index (χ4v) is 1.90. The molecule has 0 aliphatic heterocycles. The largest absolute Gasteiger partial charge is 0.0794 e. The molecule has 0 heterocycles. The summed E-state index contributed by atoms with van der Waals surface area (Å²) in [5.74, 6) is 1.99. The molecule has 0 atom stereocenters. The summed E-state index contributed by atoms with van der Waals surface area (Å²) < 4.78 is 0. The molecular formula is C12H20. The fraction of sp³-hybridized carbons (Fsp3) is 0.833. The van der Waals surface area contributed by atoms with E-state index in [4.69, 9.17) is 0 Å². The number of rotatable bonds is 2. The summed E-state index contributed by atoms with van der Waals surface area (Å²) in [5.41, 5.74) is 2.21. The normalized spacial score (nSPS) is 23.9. The van der Waals surface area contributed by atoms with Crippen molar-refractivity contribution >= 4 is 0 Å². The van der Waals surface area contributed by atoms with Gasteiger partial charge in [0.1, 0.15) is 0 Å². The highest BCUT2D eigenvalue weighted by atomic mass is 14.4. The molecule has 0 nitrogen and oxygen atoms in total. The Labute approximate surface area is 76.1 Å². The highest BCUT2D eigenvalue weighted by molar-refractivity contribution is 5.22. The Balaban J connectivity index is 2.08. The van der Waals surface area contributed by atoms with Crippen LogP contribution < -0.4 is 0 Å². The molecule has 0 amide bonds. The molecule has 0 unspecified atom stereocenters. The van der Waals surface area contributed by atoms with Crippen LogP contribution in [-0.2, 0) is 0 Å². The van der Waals surface area contributed by atoms with Crippen molar-refractivity contribution in [1.29, 1.82) is 0 Å². The van der Waals surface area contributed by atoms with E-state index >= 15 is 0 Å². The first-order valence-corrected chi connectivity index (χ1v) is 5.29. The molecule has 2 saturated carbocycles. The quantitative estimate of drug-likeness (QED) is 0.545. The molecular weight excluding hydrogens is 144 g/mol. The first-order valence-electron chi connectivity index (χ1n) is 5.29. The highest BCUT2D eigenvalue weighted by Crippen LogP contribution is 2.49. The Bertz CT molecular complexity index is 183. The van der Waals surface area contributed by atoms with Crippen LogP contribution in [0.3, 0.4) is 0 Å². The van der Waals surface area contributed by atoms with Crippen molar-refractivity contribution in [2.24, 2.45) is 17.3 Å². The molecule has 0 bridgehead atoms. The fourth-order valence-electron chi connectivity index (χ4n) is 1.90. The number of hydrogen-bond donors (Lipinski definition) is 0. The van der Waals surface area contributed by atoms with Crippen LogP contribution >= 0.6 is 0 Å². The zero-order chi connectivity index (χ0) is 8.77. The lowest BCUT2D eigenvalue weighted by molar-refractivity contribution is 0.531. The Morgan fingerprint density at radius 3 is 1.67 bits per heavy atom. The SMILES string of the molecule is CC(C)(C)C=C(C1CC1)C1CC1. The summed E-state index contributed by atoms with van der Waals surface area (Å²) in [4.78, 5) is 0. The molecule has 2 aliphatic carbocycles. The van der Waals surface area contributed by atoms with Crippen molar-refractivity contribution in [3.8, 4) is 0 Å². The van der Waals surface area contributed by atoms with Gasteiger partial charge in [-0.2, -0.15) is 0 Å². The third kappa shape index (κ3) is 2.12. The van der Waals surface area contributed by atoms with Crippen LogP contribution in [0.1, 0.15) is 46.5 Å². The lowest BCUT2D eigenvalue weighted by Gasteiger charge is -2.16. The average Bonchev–Trinajstić information content (AvgIpc) is 2.78. The summed E-state index contributed by atoms with van der Waals surface area (Å²) in [6, 6.07) is 0. The third-order valence-electron chi connectivity index (χ3n) is 2.70. The van der Waals surface area contributed by atoms with Gasteiger partial charge in [0.05, 0.1) is 0 Å². The predicted molar refractivity (Wildman–Crippen MR) is 53.0 cm³/mol. The first-order chi connectivity index (χ1) is 5.56. The van der Waals surface area contributed by atoms with E-state index in [-0.39, 0.29) is 0 Å². The lowest BCUT2D eigenvalue weighted by Crippen LogP contribution is -2.03. The highest BCUT2D eigenvalue weighted by Gasteiger charge is 2.36. The van der Waals surface area contributed by atoms with Gasteiger partial charge < -0.3 is 0 Å². The number of allylic oxidation sites excluding steroid dienone is 2. The van der Waals surface area contributed by atoms with Gasteiger partial charge in [-0.05, 0) is 42.9 Å². The van der Waals surface area contributed by atoms with E-state index in [1.807, 2.05) is 5.57 Å². The van der Waals surface area contributed by atoms with Crippen LogP contribution in [-0.4, -0.2) is 0 Å². The lowest BCUT2D eigenvalue weighted by atomic mass is 9.90. The zero-order valence-corrected chi connectivity index (χ0v) is 8.56. The molecule has 0 radical (unpaired) electrons. The van der Waals surface area contributed by atoms with Crippen LogP contribution in [0.5, 0.6) is 0 Å². The third-order valence-corrected chi connectivity index (χ3v) is 2.70. The summed E-state index contributed by atoms with van der Waals surface area (Å²) >= 11 is 0. The monoisotopic (exact) mass is 164 g/mol. The van der Waals surface area contributed by atoms with Gasteiger partial charge in [-0.3, -0.25) is 0 Å². The van der Waals surface area contributed by atoms with Crippen LogP contribution in [0.4, 0.5) is 0 Å². The number of hydrogen-bond acceptors (Lipinski definition) is 0. The van der Waals surface area contributed by atoms with Crippen molar-refractivity contribution in [1.82, 2.24) is 0 Å². The molecule has 2 aliphatic rings. The second kappa shape index (κ2) is 2.61. The van der Waals surface area contributed by atoms with Gasteiger partial charge in [-0.15, -0.1) is 0 Å². The Morgan fingerprint density at radius 1 is 1.00 bits per heavy atom. The average molecular weight is 164 g/mol. The van der Waals surface area contributed by atoms with Gasteiger partial charge in [-0.1, -0.05) is 32.4 Å². The van der Waals surface area contributed by atoms with E-state index in [1.54, 1.807) is 0 Å². The molecule has 0 spiro atoms. The van der Waals surface area contributed by atoms with E-state index in [1.165, 1.54) is 25.7 Å². The summed E-state index contributed by atoms with van der Waals surface area (Å²) in [6.45, 7) is 6.95. The smallest absolute Gasteiger partial charge is 0.0200 e. The maximum atomic E-state index is 2.54. The Morgan fingerprint density at radius 2 is 1.42 bits per heavy atom. The molecule has 0 aromatic rings. The minimum absolute atomic E-state index is 0.403. The summed E-state index contributed by atoms with van der Waals surface area (Å²) in [6.07, 6.45) is 8.43. The van der Waals surface area contributed by atoms with Crippen LogP contribution in [0, 0.1) is 17.3 Å². The molecule has 0 heteroatoms. The molecule has 0 aromatic carbocycles. The van der Waals surface area contributed by atoms with E-state index in [0.717, 1.165) is 11.8 Å². The van der Waals surface area contributed by atoms with Crippen molar-refractivity contribution in [3.63, 3.8) is 0 Å². The Kier molecular flexibility index (Phi) is 1.82. The second-order valence-electron chi connectivity index (χ2n) is 5.56. The molecule has 12 heavy (non-hydrogen) atoms. The molecule has 2 rings (SSSR count). The topological polar surface area (TPSA) is 0 Å². The van der Waals surface area contributed by atoms with Crippen LogP contribution in [0.25, 0.3) is 0 Å². The minimum Gasteiger partial charge on any atom is -0.0794 e. The molecule has 68 valence electrons. The van der Waals surface area contributed by atoms with Gasteiger partial charge in [0, 0.05) is 0 Å². The van der Waals surface area contributed by atoms with Crippen molar-refractivity contribution in [2.75, 3.05) is 0 Å². The Hall–Kier alpha value is -0.260. The standard InChI is InChI=1S/C12H20/c1-12(2,3)8-11(9-4-5-9)10-6-7-10/h8-10H,4-7H2,1-3H3. The van der Waals surface area contributed by atoms with E-state index < -0.39 is 0 Å². The van der Waals surface area contributed by atoms with Gasteiger partial charge >= 0.3 is 0 Å². The van der Waals surface area contributed by atoms with Gasteiger partial charge in [0.25, 0.3) is 0 Å². The van der Waals surface area contributed by atoms with Gasteiger partial charge in [-0.25, -0.2) is 0 Å². The molecule has 0 saturated heterocycles. The minimum atomic E-state index is 0.403. The molecule has 0 N–H and O–H groups in total. The van der Waals surface area contributed by atoms with E-state index in [0.29, 0.717) is 5.41 Å². The van der Waals surface area contributed by atoms with Gasteiger partial charge in [0.2, 0.25) is 0 Å².